The van der Waals surface area contributed by atoms with E-state index in [0.717, 1.165) is 57.8 Å². The molecule has 40 heavy (non-hydrogen) atoms. The van der Waals surface area contributed by atoms with Crippen LogP contribution in [-0.4, -0.2) is 13.1 Å². The lowest BCUT2D eigenvalue weighted by Gasteiger charge is -2.29. The van der Waals surface area contributed by atoms with E-state index in [-0.39, 0.29) is 5.92 Å². The lowest BCUT2D eigenvalue weighted by molar-refractivity contribution is 0.0597. The van der Waals surface area contributed by atoms with Crippen molar-refractivity contribution in [1.29, 1.82) is 0 Å². The maximum Gasteiger partial charge on any atom is 0.341 e. The maximum absolute atomic E-state index is 12.9. The van der Waals surface area contributed by atoms with Crippen LogP contribution in [-0.2, 0) is 18.0 Å². The van der Waals surface area contributed by atoms with Crippen molar-refractivity contribution in [3.8, 4) is 17.2 Å². The number of allylic oxidation sites excluding steroid dienone is 2. The highest BCUT2D eigenvalue weighted by atomic mass is 16.5. The van der Waals surface area contributed by atoms with E-state index in [0.29, 0.717) is 30.3 Å². The number of methoxy groups -OCH3 is 1. The first-order chi connectivity index (χ1) is 19.6. The molecule has 1 saturated carbocycles. The second kappa shape index (κ2) is 11.1. The molecule has 1 aliphatic heterocycles. The molecule has 1 aliphatic carbocycles. The molecule has 1 atom stereocenters. The SMILES string of the molecule is C=C1CC2=C(c3ccc(OCc4ccccc4)cc3)Oc3c(C(=O)OC)cc(OCc4ccccc4)cc3[C@@H]2C1. The van der Waals surface area contributed by atoms with E-state index in [2.05, 4.69) is 6.58 Å². The number of ether oxygens (including phenoxy) is 4. The first-order valence-corrected chi connectivity index (χ1v) is 13.4. The summed E-state index contributed by atoms with van der Waals surface area (Å²) in [6.45, 7) is 5.18. The summed E-state index contributed by atoms with van der Waals surface area (Å²) in [4.78, 5) is 12.9. The summed E-state index contributed by atoms with van der Waals surface area (Å²) < 4.78 is 23.8. The Bertz CT molecular complexity index is 1570. The lowest BCUT2D eigenvalue weighted by atomic mass is 9.87. The summed E-state index contributed by atoms with van der Waals surface area (Å²) >= 11 is 0. The molecule has 6 rings (SSSR count). The number of fused-ring (bicyclic) bond motifs is 3. The van der Waals surface area contributed by atoms with Gasteiger partial charge in [-0.3, -0.25) is 0 Å². The van der Waals surface area contributed by atoms with Crippen molar-refractivity contribution < 1.29 is 23.7 Å². The number of rotatable bonds is 8. The van der Waals surface area contributed by atoms with Crippen LogP contribution in [0, 0.1) is 0 Å². The van der Waals surface area contributed by atoms with Gasteiger partial charge in [-0.15, -0.1) is 0 Å². The molecular weight excluding hydrogens is 500 g/mol. The summed E-state index contributed by atoms with van der Waals surface area (Å²) in [6, 6.07) is 31.6. The zero-order valence-electron chi connectivity index (χ0n) is 22.4. The minimum absolute atomic E-state index is 0.0453. The van der Waals surface area contributed by atoms with Gasteiger partial charge < -0.3 is 18.9 Å². The van der Waals surface area contributed by atoms with Crippen LogP contribution in [0.3, 0.4) is 0 Å². The molecule has 4 aromatic rings. The van der Waals surface area contributed by atoms with Crippen LogP contribution in [0.2, 0.25) is 0 Å². The van der Waals surface area contributed by atoms with Crippen molar-refractivity contribution in [3.05, 3.63) is 143 Å². The van der Waals surface area contributed by atoms with Crippen molar-refractivity contribution >= 4 is 11.7 Å². The Morgan fingerprint density at radius 3 is 2.10 bits per heavy atom. The van der Waals surface area contributed by atoms with Gasteiger partial charge in [-0.1, -0.05) is 72.8 Å². The summed E-state index contributed by atoms with van der Waals surface area (Å²) in [5.74, 6) is 2.23. The van der Waals surface area contributed by atoms with Gasteiger partial charge in [-0.05, 0) is 65.9 Å². The molecule has 0 amide bonds. The molecule has 2 aliphatic rings. The van der Waals surface area contributed by atoms with Crippen LogP contribution >= 0.6 is 0 Å². The Morgan fingerprint density at radius 2 is 1.48 bits per heavy atom. The fourth-order valence-corrected chi connectivity index (χ4v) is 5.35. The highest BCUT2D eigenvalue weighted by molar-refractivity contribution is 5.95. The minimum Gasteiger partial charge on any atom is -0.489 e. The number of carbonyl (C=O) groups excluding carboxylic acids is 1. The average molecular weight is 531 g/mol. The van der Waals surface area contributed by atoms with E-state index < -0.39 is 5.97 Å². The molecule has 0 spiro atoms. The van der Waals surface area contributed by atoms with Crippen molar-refractivity contribution in [2.24, 2.45) is 0 Å². The second-order valence-electron chi connectivity index (χ2n) is 10.1. The third-order valence-corrected chi connectivity index (χ3v) is 7.33. The van der Waals surface area contributed by atoms with Gasteiger partial charge in [-0.25, -0.2) is 4.79 Å². The Hall–Kier alpha value is -4.77. The van der Waals surface area contributed by atoms with Crippen molar-refractivity contribution in [1.82, 2.24) is 0 Å². The molecule has 0 saturated heterocycles. The maximum atomic E-state index is 12.9. The lowest BCUT2D eigenvalue weighted by Crippen LogP contribution is -2.16. The van der Waals surface area contributed by atoms with E-state index in [1.807, 2.05) is 91.0 Å². The van der Waals surface area contributed by atoms with E-state index in [4.69, 9.17) is 18.9 Å². The third kappa shape index (κ3) is 5.23. The minimum atomic E-state index is -0.467. The second-order valence-corrected chi connectivity index (χ2v) is 10.1. The van der Waals surface area contributed by atoms with Gasteiger partial charge in [0.25, 0.3) is 0 Å². The normalized spacial score (nSPS) is 15.6. The number of esters is 1. The molecule has 5 nitrogen and oxygen atoms in total. The summed E-state index contributed by atoms with van der Waals surface area (Å²) in [6.07, 6.45) is 1.53. The Morgan fingerprint density at radius 1 is 0.850 bits per heavy atom. The zero-order valence-corrected chi connectivity index (χ0v) is 22.4. The van der Waals surface area contributed by atoms with Crippen LogP contribution in [0.25, 0.3) is 5.76 Å². The highest BCUT2D eigenvalue weighted by Crippen LogP contribution is 2.53. The quantitative estimate of drug-likeness (QED) is 0.171. The third-order valence-electron chi connectivity index (χ3n) is 7.33. The molecule has 0 aromatic heterocycles. The Labute approximate surface area is 234 Å². The van der Waals surface area contributed by atoms with Crippen LogP contribution in [0.15, 0.2) is 115 Å². The van der Waals surface area contributed by atoms with E-state index in [1.54, 1.807) is 6.07 Å². The van der Waals surface area contributed by atoms with Gasteiger partial charge in [-0.2, -0.15) is 0 Å². The largest absolute Gasteiger partial charge is 0.489 e. The number of benzene rings is 4. The molecule has 0 N–H and O–H groups in total. The van der Waals surface area contributed by atoms with E-state index in [1.165, 1.54) is 7.11 Å². The van der Waals surface area contributed by atoms with Gasteiger partial charge in [0.1, 0.15) is 41.8 Å². The standard InChI is InChI=1S/C35H30O5/c1-23-17-29-30(18-23)33(26-13-15-27(16-14-26)38-21-24-9-5-3-6-10-24)40-34-31(29)19-28(20-32(34)35(36)37-2)39-22-25-11-7-4-8-12-25/h3-16,19-20,29H,1,17-18,21-22H2,2H3/t29-/m1/s1. The highest BCUT2D eigenvalue weighted by Gasteiger charge is 2.38. The predicted molar refractivity (Wildman–Crippen MR) is 154 cm³/mol. The fourth-order valence-electron chi connectivity index (χ4n) is 5.35. The molecule has 4 aromatic carbocycles. The van der Waals surface area contributed by atoms with Gasteiger partial charge in [0.05, 0.1) is 7.11 Å². The molecule has 1 fully saturated rings. The smallest absolute Gasteiger partial charge is 0.341 e. The van der Waals surface area contributed by atoms with Crippen molar-refractivity contribution in [2.75, 3.05) is 7.11 Å². The van der Waals surface area contributed by atoms with Gasteiger partial charge >= 0.3 is 5.97 Å². The molecular formula is C35H30O5. The molecule has 0 radical (unpaired) electrons. The first-order valence-electron chi connectivity index (χ1n) is 13.4. The van der Waals surface area contributed by atoms with Gasteiger partial charge in [0.2, 0.25) is 0 Å². The molecule has 0 bridgehead atoms. The Kier molecular flexibility index (Phi) is 7.11. The zero-order chi connectivity index (χ0) is 27.5. The number of carbonyl (C=O) groups is 1. The van der Waals surface area contributed by atoms with Crippen LogP contribution in [0.4, 0.5) is 0 Å². The van der Waals surface area contributed by atoms with Gasteiger partial charge in [0.15, 0.2) is 0 Å². The van der Waals surface area contributed by atoms with Crippen LogP contribution in [0.5, 0.6) is 17.2 Å². The summed E-state index contributed by atoms with van der Waals surface area (Å²) in [7, 11) is 1.38. The van der Waals surface area contributed by atoms with Crippen molar-refractivity contribution in [2.45, 2.75) is 32.0 Å². The first kappa shape index (κ1) is 25.5. The molecule has 0 unspecified atom stereocenters. The molecule has 200 valence electrons. The monoisotopic (exact) mass is 530 g/mol. The van der Waals surface area contributed by atoms with E-state index >= 15 is 0 Å². The summed E-state index contributed by atoms with van der Waals surface area (Å²) in [5, 5.41) is 0. The topological polar surface area (TPSA) is 54.0 Å². The number of hydrogen-bond donors (Lipinski definition) is 0. The van der Waals surface area contributed by atoms with Gasteiger partial charge in [0, 0.05) is 17.0 Å². The van der Waals surface area contributed by atoms with Crippen molar-refractivity contribution in [3.63, 3.8) is 0 Å². The number of hydrogen-bond acceptors (Lipinski definition) is 5. The van der Waals surface area contributed by atoms with E-state index in [9.17, 15) is 4.79 Å². The van der Waals surface area contributed by atoms with Crippen LogP contribution in [0.1, 0.15) is 51.4 Å². The fraction of sp³-hybridized carbons (Fsp3) is 0.171. The Balaban J connectivity index is 1.31. The average Bonchev–Trinajstić information content (AvgIpc) is 3.41. The predicted octanol–water partition coefficient (Wildman–Crippen LogP) is 7.87. The van der Waals surface area contributed by atoms with Crippen LogP contribution < -0.4 is 14.2 Å². The molecule has 1 heterocycles. The molecule has 5 heteroatoms. The summed E-state index contributed by atoms with van der Waals surface area (Å²) in [5.41, 5.74) is 6.64.